The first-order valence-corrected chi connectivity index (χ1v) is 5.86. The minimum absolute atomic E-state index is 0.0746. The van der Waals surface area contributed by atoms with Crippen molar-refractivity contribution < 1.29 is 9.00 Å². The largest absolute Gasteiger partial charge is 0.283 e. The highest BCUT2D eigenvalue weighted by Gasteiger charge is 2.16. The van der Waals surface area contributed by atoms with Gasteiger partial charge < -0.3 is 0 Å². The molecule has 0 heterocycles. The molecule has 0 aliphatic rings. The molecule has 0 radical (unpaired) electrons. The van der Waals surface area contributed by atoms with Crippen LogP contribution in [0.4, 0.5) is 0 Å². The Morgan fingerprint density at radius 2 is 1.92 bits per heavy atom. The predicted octanol–water partition coefficient (Wildman–Crippen LogP) is 0.800. The number of carbonyl (C=O) groups is 1. The fraction of sp³-hybridized carbons (Fsp3) is 0.750. The SMILES string of the molecule is C=S(C)(=O)NC(=O)CC(C)(C)C. The normalized spacial score (nSPS) is 16.7. The second kappa shape index (κ2) is 3.47. The predicted molar refractivity (Wildman–Crippen MR) is 53.4 cm³/mol. The lowest BCUT2D eigenvalue weighted by Crippen LogP contribution is -2.31. The van der Waals surface area contributed by atoms with Gasteiger partial charge in [0.2, 0.25) is 5.91 Å². The van der Waals surface area contributed by atoms with Crippen LogP contribution in [0.5, 0.6) is 0 Å². The number of nitrogens with one attached hydrogen (secondary N) is 1. The summed E-state index contributed by atoms with van der Waals surface area (Å²) in [7, 11) is -2.40. The number of carbonyl (C=O) groups excluding carboxylic acids is 1. The van der Waals surface area contributed by atoms with Crippen LogP contribution in [0.1, 0.15) is 27.2 Å². The van der Waals surface area contributed by atoms with Gasteiger partial charge in [-0.2, -0.15) is 0 Å². The van der Waals surface area contributed by atoms with Gasteiger partial charge in [0.1, 0.15) is 0 Å². The Bertz CT molecular complexity index is 259. The first-order valence-electron chi connectivity index (χ1n) is 3.73. The van der Waals surface area contributed by atoms with Crippen molar-refractivity contribution in [2.24, 2.45) is 5.41 Å². The van der Waals surface area contributed by atoms with Gasteiger partial charge in [-0.05, 0) is 11.3 Å². The smallest absolute Gasteiger partial charge is 0.231 e. The molecule has 72 valence electrons. The zero-order valence-electron chi connectivity index (χ0n) is 8.14. The van der Waals surface area contributed by atoms with Gasteiger partial charge in [0.25, 0.3) is 0 Å². The van der Waals surface area contributed by atoms with Crippen LogP contribution < -0.4 is 4.72 Å². The van der Waals surface area contributed by atoms with Crippen molar-refractivity contribution in [3.63, 3.8) is 0 Å². The van der Waals surface area contributed by atoms with Crippen molar-refractivity contribution in [3.05, 3.63) is 0 Å². The van der Waals surface area contributed by atoms with Gasteiger partial charge in [-0.15, -0.1) is 0 Å². The summed E-state index contributed by atoms with van der Waals surface area (Å²) in [6, 6.07) is 0. The maximum atomic E-state index is 11.1. The highest BCUT2D eigenvalue weighted by Crippen LogP contribution is 2.17. The van der Waals surface area contributed by atoms with Crippen LogP contribution in [0.3, 0.4) is 0 Å². The van der Waals surface area contributed by atoms with Crippen LogP contribution in [0.25, 0.3) is 0 Å². The van der Waals surface area contributed by atoms with E-state index < -0.39 is 9.71 Å². The number of amides is 1. The molecule has 0 saturated carbocycles. The molecule has 4 heteroatoms. The Hall–Kier alpha value is -0.510. The Kier molecular flexibility index (Phi) is 3.33. The van der Waals surface area contributed by atoms with Crippen molar-refractivity contribution in [1.82, 2.24) is 4.72 Å². The molecule has 0 rings (SSSR count). The van der Waals surface area contributed by atoms with Gasteiger partial charge in [0.15, 0.2) is 0 Å². The summed E-state index contributed by atoms with van der Waals surface area (Å²) in [5, 5.41) is 0. The lowest BCUT2D eigenvalue weighted by molar-refractivity contribution is -0.120. The number of rotatable bonds is 2. The molecule has 0 aliphatic carbocycles. The minimum atomic E-state index is -2.40. The molecule has 3 nitrogen and oxygen atoms in total. The molecule has 0 bridgehead atoms. The molecule has 0 spiro atoms. The van der Waals surface area contributed by atoms with Crippen LogP contribution in [-0.4, -0.2) is 22.2 Å². The molecule has 1 atom stereocenters. The van der Waals surface area contributed by atoms with Crippen molar-refractivity contribution >= 4 is 21.5 Å². The lowest BCUT2D eigenvalue weighted by atomic mass is 9.92. The second-order valence-electron chi connectivity index (χ2n) is 4.27. The summed E-state index contributed by atoms with van der Waals surface area (Å²) in [5.74, 6) is 3.13. The summed E-state index contributed by atoms with van der Waals surface area (Å²) < 4.78 is 13.4. The molecule has 0 aromatic heterocycles. The van der Waals surface area contributed by atoms with Crippen LogP contribution in [-0.2, 0) is 14.5 Å². The van der Waals surface area contributed by atoms with E-state index in [1.807, 2.05) is 20.8 Å². The second-order valence-corrected chi connectivity index (χ2v) is 6.48. The van der Waals surface area contributed by atoms with E-state index in [1.165, 1.54) is 6.26 Å². The third kappa shape index (κ3) is 7.60. The molecule has 1 N–H and O–H groups in total. The van der Waals surface area contributed by atoms with E-state index in [2.05, 4.69) is 10.6 Å². The van der Waals surface area contributed by atoms with Gasteiger partial charge in [0, 0.05) is 22.4 Å². The Labute approximate surface area is 74.7 Å². The summed E-state index contributed by atoms with van der Waals surface area (Å²) >= 11 is 0. The van der Waals surface area contributed by atoms with Crippen LogP contribution in [0.2, 0.25) is 0 Å². The third-order valence-corrected chi connectivity index (χ3v) is 1.68. The van der Waals surface area contributed by atoms with E-state index in [9.17, 15) is 9.00 Å². The summed E-state index contributed by atoms with van der Waals surface area (Å²) in [5.41, 5.74) is -0.0746. The summed E-state index contributed by atoms with van der Waals surface area (Å²) in [4.78, 5) is 11.1. The quantitative estimate of drug-likeness (QED) is 0.656. The van der Waals surface area contributed by atoms with Gasteiger partial charge >= 0.3 is 0 Å². The molecular formula is C8H17NO2S. The van der Waals surface area contributed by atoms with Crippen molar-refractivity contribution in [3.8, 4) is 0 Å². The van der Waals surface area contributed by atoms with Gasteiger partial charge in [-0.1, -0.05) is 20.8 Å². The molecule has 1 unspecified atom stereocenters. The average molecular weight is 191 g/mol. The zero-order valence-corrected chi connectivity index (χ0v) is 8.96. The van der Waals surface area contributed by atoms with Crippen molar-refractivity contribution in [2.45, 2.75) is 27.2 Å². The fourth-order valence-corrected chi connectivity index (χ4v) is 1.31. The molecular weight excluding hydrogens is 174 g/mol. The number of hydrogen-bond donors (Lipinski definition) is 1. The highest BCUT2D eigenvalue weighted by molar-refractivity contribution is 7.98. The molecule has 0 fully saturated rings. The number of hydrogen-bond acceptors (Lipinski definition) is 2. The maximum absolute atomic E-state index is 11.1. The Morgan fingerprint density at radius 1 is 1.50 bits per heavy atom. The van der Waals surface area contributed by atoms with Crippen LogP contribution >= 0.6 is 0 Å². The van der Waals surface area contributed by atoms with Crippen molar-refractivity contribution in [2.75, 3.05) is 6.26 Å². The molecule has 0 saturated heterocycles. The van der Waals surface area contributed by atoms with Gasteiger partial charge in [0.05, 0.1) is 0 Å². The lowest BCUT2D eigenvalue weighted by Gasteiger charge is -2.17. The Balaban J connectivity index is 4.10. The van der Waals surface area contributed by atoms with Crippen LogP contribution in [0, 0.1) is 5.41 Å². The Morgan fingerprint density at radius 3 is 2.17 bits per heavy atom. The minimum Gasteiger partial charge on any atom is -0.283 e. The van der Waals surface area contributed by atoms with E-state index in [1.54, 1.807) is 0 Å². The van der Waals surface area contributed by atoms with Crippen molar-refractivity contribution in [1.29, 1.82) is 0 Å². The van der Waals surface area contributed by atoms with E-state index in [0.717, 1.165) is 0 Å². The van der Waals surface area contributed by atoms with Gasteiger partial charge in [-0.25, -0.2) is 4.21 Å². The molecule has 0 aromatic rings. The third-order valence-electron chi connectivity index (χ3n) is 1.02. The molecule has 1 amide bonds. The molecule has 12 heavy (non-hydrogen) atoms. The standard InChI is InChI=1S/C8H17NO2S/c1-8(2,3)6-7(10)9-12(4,5)11/h4,6H2,1-3,5H3,(H,9,10,11). The summed E-state index contributed by atoms with van der Waals surface area (Å²) in [6.45, 7) is 5.85. The first-order chi connectivity index (χ1) is 5.10. The van der Waals surface area contributed by atoms with E-state index in [0.29, 0.717) is 6.42 Å². The highest BCUT2D eigenvalue weighted by atomic mass is 32.2. The van der Waals surface area contributed by atoms with E-state index >= 15 is 0 Å². The summed E-state index contributed by atoms with van der Waals surface area (Å²) in [6.07, 6.45) is 1.78. The van der Waals surface area contributed by atoms with Crippen LogP contribution in [0.15, 0.2) is 0 Å². The van der Waals surface area contributed by atoms with E-state index in [-0.39, 0.29) is 11.3 Å². The first kappa shape index (κ1) is 11.5. The monoisotopic (exact) mass is 191 g/mol. The molecule has 0 aliphatic heterocycles. The molecule has 0 aromatic carbocycles. The maximum Gasteiger partial charge on any atom is 0.231 e. The fourth-order valence-electron chi connectivity index (χ4n) is 0.759. The topological polar surface area (TPSA) is 46.2 Å². The zero-order chi connectivity index (χ0) is 9.99. The average Bonchev–Trinajstić information content (AvgIpc) is 1.49. The van der Waals surface area contributed by atoms with Gasteiger partial charge in [-0.3, -0.25) is 9.52 Å². The van der Waals surface area contributed by atoms with E-state index in [4.69, 9.17) is 0 Å².